The lowest BCUT2D eigenvalue weighted by atomic mass is 10.0. The molecule has 3 aromatic rings. The van der Waals surface area contributed by atoms with Crippen molar-refractivity contribution >= 4 is 46.5 Å². The number of rotatable bonds is 7. The van der Waals surface area contributed by atoms with Crippen LogP contribution in [0.2, 0.25) is 10.0 Å². The van der Waals surface area contributed by atoms with Crippen molar-refractivity contribution in [3.05, 3.63) is 76.0 Å². The Bertz CT molecular complexity index is 1020. The summed E-state index contributed by atoms with van der Waals surface area (Å²) in [6, 6.07) is 15.0. The molecule has 3 rings (SSSR count). The molecule has 30 heavy (non-hydrogen) atoms. The summed E-state index contributed by atoms with van der Waals surface area (Å²) in [6.45, 7) is 1.65. The molecule has 1 atom stereocenters. The van der Waals surface area contributed by atoms with E-state index in [0.29, 0.717) is 27.3 Å². The third-order valence-electron chi connectivity index (χ3n) is 4.30. The molecule has 2 N–H and O–H groups in total. The van der Waals surface area contributed by atoms with Crippen molar-refractivity contribution in [3.63, 3.8) is 0 Å². The minimum Gasteiger partial charge on any atom is -0.360 e. The number of halogens is 2. The second-order valence-corrected chi connectivity index (χ2v) is 7.50. The molecule has 156 valence electrons. The number of para-hydroxylation sites is 1. The predicted octanol–water partition coefficient (Wildman–Crippen LogP) is 4.54. The molecule has 0 saturated heterocycles. The standard InChI is InChI=1S/C21H20Cl2N4O3/c1-13-11-17(26-30-13)24-21(29)20(14-7-4-3-5-8-14)27(2)12-18(28)25-19-15(22)9-6-10-16(19)23/h3-11,20H,12H2,1-2H3,(H,25,28)(H,24,26,29). The SMILES string of the molecule is Cc1cc(NC(=O)C(c2ccccc2)N(C)CC(=O)Nc2c(Cl)cccc2Cl)no1. The minimum absolute atomic E-state index is 0.0770. The molecule has 1 aromatic heterocycles. The van der Waals surface area contributed by atoms with Gasteiger partial charge in [0.1, 0.15) is 11.8 Å². The van der Waals surface area contributed by atoms with Gasteiger partial charge >= 0.3 is 0 Å². The van der Waals surface area contributed by atoms with Crippen LogP contribution >= 0.6 is 23.2 Å². The molecule has 0 radical (unpaired) electrons. The number of nitrogens with one attached hydrogen (secondary N) is 2. The van der Waals surface area contributed by atoms with E-state index in [4.69, 9.17) is 27.7 Å². The van der Waals surface area contributed by atoms with Crippen molar-refractivity contribution in [3.8, 4) is 0 Å². The molecular formula is C21H20Cl2N4O3. The summed E-state index contributed by atoms with van der Waals surface area (Å²) in [5.41, 5.74) is 1.05. The highest BCUT2D eigenvalue weighted by Gasteiger charge is 2.27. The van der Waals surface area contributed by atoms with Gasteiger partial charge in [-0.1, -0.05) is 64.8 Å². The van der Waals surface area contributed by atoms with E-state index in [-0.39, 0.29) is 18.4 Å². The number of carbonyl (C=O) groups is 2. The van der Waals surface area contributed by atoms with Gasteiger partial charge in [0.2, 0.25) is 11.8 Å². The number of amides is 2. The number of benzene rings is 2. The molecule has 0 saturated carbocycles. The second kappa shape index (κ2) is 9.75. The fourth-order valence-electron chi connectivity index (χ4n) is 2.98. The van der Waals surface area contributed by atoms with Gasteiger partial charge in [-0.25, -0.2) is 0 Å². The maximum absolute atomic E-state index is 13.0. The van der Waals surface area contributed by atoms with Crippen LogP contribution in [0.3, 0.4) is 0 Å². The summed E-state index contributed by atoms with van der Waals surface area (Å²) in [5, 5.41) is 9.88. The maximum Gasteiger partial charge on any atom is 0.247 e. The largest absolute Gasteiger partial charge is 0.360 e. The van der Waals surface area contributed by atoms with Gasteiger partial charge in [-0.15, -0.1) is 0 Å². The molecule has 9 heteroatoms. The lowest BCUT2D eigenvalue weighted by Crippen LogP contribution is -2.39. The van der Waals surface area contributed by atoms with E-state index in [9.17, 15) is 9.59 Å². The van der Waals surface area contributed by atoms with E-state index in [2.05, 4.69) is 15.8 Å². The molecular weight excluding hydrogens is 427 g/mol. The Hall–Kier alpha value is -2.87. The van der Waals surface area contributed by atoms with E-state index in [1.54, 1.807) is 43.1 Å². The highest BCUT2D eigenvalue weighted by atomic mass is 35.5. The molecule has 1 unspecified atom stereocenters. The van der Waals surface area contributed by atoms with Crippen LogP contribution in [-0.2, 0) is 9.59 Å². The maximum atomic E-state index is 13.0. The molecule has 0 spiro atoms. The number of aromatic nitrogens is 1. The van der Waals surface area contributed by atoms with Crippen LogP contribution in [0, 0.1) is 6.92 Å². The van der Waals surface area contributed by atoms with E-state index in [0.717, 1.165) is 5.56 Å². The van der Waals surface area contributed by atoms with Gasteiger partial charge < -0.3 is 15.2 Å². The number of carbonyl (C=O) groups excluding carboxylic acids is 2. The molecule has 2 aromatic carbocycles. The average molecular weight is 447 g/mol. The summed E-state index contributed by atoms with van der Waals surface area (Å²) in [6.07, 6.45) is 0. The van der Waals surface area contributed by atoms with Gasteiger partial charge in [0, 0.05) is 6.07 Å². The Balaban J connectivity index is 1.77. The number of anilines is 2. The zero-order chi connectivity index (χ0) is 21.7. The van der Waals surface area contributed by atoms with Crippen LogP contribution in [0.1, 0.15) is 17.4 Å². The summed E-state index contributed by atoms with van der Waals surface area (Å²) in [4.78, 5) is 27.2. The van der Waals surface area contributed by atoms with Gasteiger partial charge in [0.05, 0.1) is 22.3 Å². The first kappa shape index (κ1) is 21.8. The quantitative estimate of drug-likeness (QED) is 0.555. The number of hydrogen-bond acceptors (Lipinski definition) is 5. The Morgan fingerprint density at radius 1 is 1.07 bits per heavy atom. The van der Waals surface area contributed by atoms with E-state index < -0.39 is 6.04 Å². The first-order valence-electron chi connectivity index (χ1n) is 9.08. The van der Waals surface area contributed by atoms with Crippen molar-refractivity contribution in [2.45, 2.75) is 13.0 Å². The molecule has 2 amide bonds. The lowest BCUT2D eigenvalue weighted by molar-refractivity contribution is -0.123. The highest BCUT2D eigenvalue weighted by molar-refractivity contribution is 6.39. The van der Waals surface area contributed by atoms with Crippen molar-refractivity contribution in [2.75, 3.05) is 24.2 Å². The van der Waals surface area contributed by atoms with Crippen LogP contribution in [0.15, 0.2) is 59.1 Å². The number of aryl methyl sites for hydroxylation is 1. The van der Waals surface area contributed by atoms with Gasteiger partial charge in [-0.3, -0.25) is 14.5 Å². The summed E-state index contributed by atoms with van der Waals surface area (Å²) in [5.74, 6) is 0.170. The number of nitrogens with zero attached hydrogens (tertiary/aromatic N) is 2. The lowest BCUT2D eigenvalue weighted by Gasteiger charge is -2.26. The van der Waals surface area contributed by atoms with Gasteiger partial charge in [0.15, 0.2) is 5.82 Å². The monoisotopic (exact) mass is 446 g/mol. The fourth-order valence-corrected chi connectivity index (χ4v) is 3.47. The molecule has 0 bridgehead atoms. The zero-order valence-corrected chi connectivity index (χ0v) is 17.9. The normalized spacial score (nSPS) is 11.9. The smallest absolute Gasteiger partial charge is 0.247 e. The fraction of sp³-hybridized carbons (Fsp3) is 0.190. The number of hydrogen-bond donors (Lipinski definition) is 2. The Morgan fingerprint density at radius 3 is 2.33 bits per heavy atom. The van der Waals surface area contributed by atoms with Crippen LogP contribution in [-0.4, -0.2) is 35.5 Å². The van der Waals surface area contributed by atoms with E-state index >= 15 is 0 Å². The van der Waals surface area contributed by atoms with Gasteiger partial charge in [-0.05, 0) is 31.7 Å². The first-order valence-corrected chi connectivity index (χ1v) is 9.84. The minimum atomic E-state index is -0.740. The highest BCUT2D eigenvalue weighted by Crippen LogP contribution is 2.30. The Labute approximate surface area is 183 Å². The van der Waals surface area contributed by atoms with Crippen LogP contribution in [0.5, 0.6) is 0 Å². The molecule has 1 heterocycles. The second-order valence-electron chi connectivity index (χ2n) is 6.69. The molecule has 0 aliphatic heterocycles. The third kappa shape index (κ3) is 5.38. The van der Waals surface area contributed by atoms with Crippen LogP contribution < -0.4 is 10.6 Å². The van der Waals surface area contributed by atoms with Gasteiger partial charge in [0.25, 0.3) is 0 Å². The van der Waals surface area contributed by atoms with Crippen LogP contribution in [0.25, 0.3) is 0 Å². The first-order chi connectivity index (χ1) is 14.3. The van der Waals surface area contributed by atoms with Gasteiger partial charge in [-0.2, -0.15) is 0 Å². The Kier molecular flexibility index (Phi) is 7.10. The van der Waals surface area contributed by atoms with Crippen molar-refractivity contribution in [1.82, 2.24) is 10.1 Å². The molecule has 7 nitrogen and oxygen atoms in total. The summed E-state index contributed by atoms with van der Waals surface area (Å²) >= 11 is 12.2. The van der Waals surface area contributed by atoms with Crippen molar-refractivity contribution < 1.29 is 14.1 Å². The zero-order valence-electron chi connectivity index (χ0n) is 16.4. The average Bonchev–Trinajstić information content (AvgIpc) is 3.10. The number of likely N-dealkylation sites (N-methyl/N-ethyl adjacent to an activating group) is 1. The summed E-state index contributed by atoms with van der Waals surface area (Å²) in [7, 11) is 1.68. The third-order valence-corrected chi connectivity index (χ3v) is 4.93. The van der Waals surface area contributed by atoms with E-state index in [1.807, 2.05) is 30.3 Å². The molecule has 0 fully saturated rings. The van der Waals surface area contributed by atoms with E-state index in [1.165, 1.54) is 0 Å². The summed E-state index contributed by atoms with van der Waals surface area (Å²) < 4.78 is 5.00. The topological polar surface area (TPSA) is 87.5 Å². The van der Waals surface area contributed by atoms with Crippen LogP contribution in [0.4, 0.5) is 11.5 Å². The predicted molar refractivity (Wildman–Crippen MR) is 117 cm³/mol. The molecule has 0 aliphatic carbocycles. The Morgan fingerprint density at radius 2 is 1.73 bits per heavy atom. The molecule has 0 aliphatic rings. The van der Waals surface area contributed by atoms with Crippen molar-refractivity contribution in [1.29, 1.82) is 0 Å². The van der Waals surface area contributed by atoms with Crippen molar-refractivity contribution in [2.24, 2.45) is 0 Å².